The molecule has 1 aromatic rings. The van der Waals surface area contributed by atoms with E-state index in [1.807, 2.05) is 32.0 Å². The summed E-state index contributed by atoms with van der Waals surface area (Å²) < 4.78 is 5.68. The molecular weight excluding hydrogens is 240 g/mol. The molecule has 0 radical (unpaired) electrons. The normalized spacial score (nSPS) is 16.4. The number of hydrogen-bond donors (Lipinski definition) is 3. The Kier molecular flexibility index (Phi) is 4.20. The van der Waals surface area contributed by atoms with E-state index in [0.29, 0.717) is 11.1 Å². The van der Waals surface area contributed by atoms with E-state index in [4.69, 9.17) is 15.6 Å². The van der Waals surface area contributed by atoms with Gasteiger partial charge in [0, 0.05) is 24.9 Å². The van der Waals surface area contributed by atoms with Crippen LogP contribution in [0.1, 0.15) is 33.1 Å². The van der Waals surface area contributed by atoms with Crippen LogP contribution in [0.2, 0.25) is 0 Å². The molecule has 0 unspecified atom stereocenters. The first-order valence-electron chi connectivity index (χ1n) is 6.96. The smallest absolute Gasteiger partial charge is 0.144 e. The van der Waals surface area contributed by atoms with Gasteiger partial charge in [-0.1, -0.05) is 0 Å². The molecule has 0 spiro atoms. The molecule has 4 N–H and O–H groups in total. The molecule has 19 heavy (non-hydrogen) atoms. The third-order valence-electron chi connectivity index (χ3n) is 3.64. The fourth-order valence-corrected chi connectivity index (χ4v) is 2.22. The minimum Gasteiger partial charge on any atom is -0.489 e. The van der Waals surface area contributed by atoms with Crippen molar-refractivity contribution in [3.05, 3.63) is 18.2 Å². The van der Waals surface area contributed by atoms with Gasteiger partial charge in [0.2, 0.25) is 0 Å². The molecule has 0 aromatic heterocycles. The summed E-state index contributed by atoms with van der Waals surface area (Å²) in [5.74, 6) is 0.729. The lowest BCUT2D eigenvalue weighted by Crippen LogP contribution is -2.17. The zero-order valence-electron chi connectivity index (χ0n) is 11.8. The molecule has 1 fully saturated rings. The summed E-state index contributed by atoms with van der Waals surface area (Å²) in [5.41, 5.74) is 7.88. The van der Waals surface area contributed by atoms with E-state index >= 15 is 0 Å². The minimum absolute atomic E-state index is 0.113. The van der Waals surface area contributed by atoms with Crippen LogP contribution in [-0.4, -0.2) is 24.4 Å². The van der Waals surface area contributed by atoms with E-state index in [9.17, 15) is 0 Å². The second kappa shape index (κ2) is 5.70. The Hall–Kier alpha value is -1.42. The maximum atomic E-state index is 9.05. The summed E-state index contributed by atoms with van der Waals surface area (Å²) in [6, 6.07) is 5.79. The molecule has 4 heteroatoms. The number of benzene rings is 1. The van der Waals surface area contributed by atoms with Crippen molar-refractivity contribution in [3.63, 3.8) is 0 Å². The maximum Gasteiger partial charge on any atom is 0.144 e. The van der Waals surface area contributed by atoms with Crippen molar-refractivity contribution < 1.29 is 9.84 Å². The summed E-state index contributed by atoms with van der Waals surface area (Å²) in [6.45, 7) is 5.14. The Morgan fingerprint density at radius 2 is 2.16 bits per heavy atom. The van der Waals surface area contributed by atoms with Crippen molar-refractivity contribution in [1.82, 2.24) is 0 Å². The van der Waals surface area contributed by atoms with E-state index in [1.165, 1.54) is 12.8 Å². The van der Waals surface area contributed by atoms with Crippen LogP contribution in [0.5, 0.6) is 5.75 Å². The van der Waals surface area contributed by atoms with Crippen LogP contribution >= 0.6 is 0 Å². The molecule has 0 atom stereocenters. The Balaban J connectivity index is 1.97. The van der Waals surface area contributed by atoms with Crippen LogP contribution < -0.4 is 15.8 Å². The Morgan fingerprint density at radius 1 is 1.42 bits per heavy atom. The maximum absolute atomic E-state index is 9.05. The number of anilines is 2. The first-order valence-corrected chi connectivity index (χ1v) is 6.96. The molecule has 0 saturated heterocycles. The van der Waals surface area contributed by atoms with Crippen molar-refractivity contribution in [2.24, 2.45) is 5.41 Å². The first kappa shape index (κ1) is 14.0. The zero-order valence-corrected chi connectivity index (χ0v) is 11.8. The molecule has 106 valence electrons. The quantitative estimate of drug-likeness (QED) is 0.662. The van der Waals surface area contributed by atoms with Gasteiger partial charge >= 0.3 is 0 Å². The highest BCUT2D eigenvalue weighted by atomic mass is 16.5. The van der Waals surface area contributed by atoms with Crippen LogP contribution in [0.15, 0.2) is 18.2 Å². The molecule has 0 aliphatic heterocycles. The fourth-order valence-electron chi connectivity index (χ4n) is 2.22. The number of rotatable bonds is 7. The number of nitrogen functional groups attached to an aromatic ring is 1. The Morgan fingerprint density at radius 3 is 2.74 bits per heavy atom. The highest BCUT2D eigenvalue weighted by Crippen LogP contribution is 2.48. The van der Waals surface area contributed by atoms with Crippen molar-refractivity contribution in [2.45, 2.75) is 39.2 Å². The van der Waals surface area contributed by atoms with Gasteiger partial charge in [-0.2, -0.15) is 0 Å². The van der Waals surface area contributed by atoms with E-state index in [-0.39, 0.29) is 12.7 Å². The standard InChI is InChI=1S/C15H24N2O2/c1-11(2)19-14-9-12(3-4-13(14)16)17-10-15(5-6-15)7-8-18/h3-4,9,11,17-18H,5-8,10,16H2,1-2H3. The SMILES string of the molecule is CC(C)Oc1cc(NCC2(CCO)CC2)ccc1N. The largest absolute Gasteiger partial charge is 0.489 e. The van der Waals surface area contributed by atoms with E-state index in [0.717, 1.165) is 24.4 Å². The predicted molar refractivity (Wildman–Crippen MR) is 78.5 cm³/mol. The van der Waals surface area contributed by atoms with Gasteiger partial charge in [0.25, 0.3) is 0 Å². The van der Waals surface area contributed by atoms with Gasteiger partial charge in [-0.15, -0.1) is 0 Å². The van der Waals surface area contributed by atoms with E-state index < -0.39 is 0 Å². The monoisotopic (exact) mass is 264 g/mol. The summed E-state index contributed by atoms with van der Waals surface area (Å²) >= 11 is 0. The van der Waals surface area contributed by atoms with Crippen LogP contribution in [-0.2, 0) is 0 Å². The molecule has 1 aromatic carbocycles. The summed E-state index contributed by atoms with van der Waals surface area (Å²) in [7, 11) is 0. The molecule has 0 bridgehead atoms. The van der Waals surface area contributed by atoms with Gasteiger partial charge in [-0.25, -0.2) is 0 Å². The number of ether oxygens (including phenoxy) is 1. The third kappa shape index (κ3) is 3.77. The lowest BCUT2D eigenvalue weighted by molar-refractivity contribution is 0.244. The topological polar surface area (TPSA) is 67.5 Å². The average Bonchev–Trinajstić information content (AvgIpc) is 3.10. The second-order valence-electron chi connectivity index (χ2n) is 5.75. The van der Waals surface area contributed by atoms with Crippen molar-refractivity contribution in [2.75, 3.05) is 24.2 Å². The molecule has 1 saturated carbocycles. The predicted octanol–water partition coefficient (Wildman–Crippen LogP) is 2.63. The number of nitrogens with two attached hydrogens (primary N) is 1. The van der Waals surface area contributed by atoms with Gasteiger partial charge in [-0.3, -0.25) is 0 Å². The van der Waals surface area contributed by atoms with E-state index in [2.05, 4.69) is 5.32 Å². The number of nitrogens with one attached hydrogen (secondary N) is 1. The number of hydrogen-bond acceptors (Lipinski definition) is 4. The van der Waals surface area contributed by atoms with Crippen LogP contribution in [0.4, 0.5) is 11.4 Å². The lowest BCUT2D eigenvalue weighted by Gasteiger charge is -2.17. The van der Waals surface area contributed by atoms with Gasteiger partial charge in [0.15, 0.2) is 0 Å². The zero-order chi connectivity index (χ0) is 13.9. The highest BCUT2D eigenvalue weighted by Gasteiger charge is 2.41. The van der Waals surface area contributed by atoms with Gasteiger partial charge in [0.1, 0.15) is 5.75 Å². The molecule has 1 aliphatic carbocycles. The molecule has 0 heterocycles. The Labute approximate surface area is 115 Å². The summed E-state index contributed by atoms with van der Waals surface area (Å²) in [4.78, 5) is 0. The number of aliphatic hydroxyl groups excluding tert-OH is 1. The third-order valence-corrected chi connectivity index (χ3v) is 3.64. The van der Waals surface area contributed by atoms with Crippen LogP contribution in [0.25, 0.3) is 0 Å². The Bertz CT molecular complexity index is 428. The molecule has 1 aliphatic rings. The van der Waals surface area contributed by atoms with Crippen molar-refractivity contribution >= 4 is 11.4 Å². The van der Waals surface area contributed by atoms with Crippen molar-refractivity contribution in [1.29, 1.82) is 0 Å². The molecule has 0 amide bonds. The van der Waals surface area contributed by atoms with Gasteiger partial charge in [-0.05, 0) is 50.7 Å². The highest BCUT2D eigenvalue weighted by molar-refractivity contribution is 5.61. The summed E-state index contributed by atoms with van der Waals surface area (Å²) in [6.07, 6.45) is 3.39. The summed E-state index contributed by atoms with van der Waals surface area (Å²) in [5, 5.41) is 12.5. The van der Waals surface area contributed by atoms with Crippen LogP contribution in [0.3, 0.4) is 0 Å². The lowest BCUT2D eigenvalue weighted by atomic mass is 10.0. The van der Waals surface area contributed by atoms with Gasteiger partial charge in [0.05, 0.1) is 11.8 Å². The minimum atomic E-state index is 0.113. The first-order chi connectivity index (χ1) is 9.04. The second-order valence-corrected chi connectivity index (χ2v) is 5.75. The van der Waals surface area contributed by atoms with E-state index in [1.54, 1.807) is 0 Å². The molecular formula is C15H24N2O2. The molecule has 2 rings (SSSR count). The average molecular weight is 264 g/mol. The van der Waals surface area contributed by atoms with Crippen molar-refractivity contribution in [3.8, 4) is 5.75 Å². The molecule has 4 nitrogen and oxygen atoms in total. The fraction of sp³-hybridized carbons (Fsp3) is 0.600. The van der Waals surface area contributed by atoms with Gasteiger partial charge < -0.3 is 20.9 Å². The number of aliphatic hydroxyl groups is 1. The van der Waals surface area contributed by atoms with Crippen LogP contribution in [0, 0.1) is 5.41 Å².